The lowest BCUT2D eigenvalue weighted by Gasteiger charge is -2.15. The molecule has 0 spiro atoms. The molecule has 2 rings (SSSR count). The summed E-state index contributed by atoms with van der Waals surface area (Å²) in [5.41, 5.74) is -0.238. The van der Waals surface area contributed by atoms with Crippen molar-refractivity contribution in [3.05, 3.63) is 35.4 Å². The second kappa shape index (κ2) is 6.50. The Balaban J connectivity index is 2.12. The molecule has 0 aromatic heterocycles. The van der Waals surface area contributed by atoms with Crippen molar-refractivity contribution in [3.8, 4) is 0 Å². The van der Waals surface area contributed by atoms with Crippen molar-refractivity contribution < 1.29 is 27.5 Å². The van der Waals surface area contributed by atoms with Crippen LogP contribution in [0.4, 0.5) is 13.2 Å². The van der Waals surface area contributed by atoms with Gasteiger partial charge in [0.25, 0.3) is 0 Å². The van der Waals surface area contributed by atoms with Crippen LogP contribution in [0, 0.1) is 11.8 Å². The molecule has 0 radical (unpaired) electrons. The van der Waals surface area contributed by atoms with Crippen LogP contribution in [0.1, 0.15) is 30.9 Å². The maximum atomic E-state index is 12.5. The van der Waals surface area contributed by atoms with Gasteiger partial charge < -0.3 is 4.74 Å². The van der Waals surface area contributed by atoms with Crippen LogP contribution in [0.15, 0.2) is 24.3 Å². The molecule has 1 aromatic rings. The Kier molecular flexibility index (Phi) is 4.88. The summed E-state index contributed by atoms with van der Waals surface area (Å²) < 4.78 is 42.5. The SMILES string of the molecule is CCOC(=O)C(Cc1ccc(C(F)(F)F)cc1)C(=O)C1CC1. The highest BCUT2D eigenvalue weighted by Gasteiger charge is 2.39. The number of ether oxygens (including phenoxy) is 1. The van der Waals surface area contributed by atoms with E-state index in [1.807, 2.05) is 0 Å². The monoisotopic (exact) mass is 314 g/mol. The minimum atomic E-state index is -4.40. The first kappa shape index (κ1) is 16.5. The van der Waals surface area contributed by atoms with Gasteiger partial charge in [-0.15, -0.1) is 0 Å². The molecule has 0 N–H and O–H groups in total. The number of rotatable bonds is 6. The molecule has 6 heteroatoms. The molecule has 1 aromatic carbocycles. The Morgan fingerprint density at radius 1 is 1.23 bits per heavy atom. The molecule has 1 unspecified atom stereocenters. The lowest BCUT2D eigenvalue weighted by molar-refractivity contribution is -0.152. The third-order valence-corrected chi connectivity index (χ3v) is 3.62. The molecule has 1 atom stereocenters. The number of ketones is 1. The second-order valence-electron chi connectivity index (χ2n) is 5.38. The van der Waals surface area contributed by atoms with E-state index in [1.165, 1.54) is 12.1 Å². The van der Waals surface area contributed by atoms with Crippen molar-refractivity contribution >= 4 is 11.8 Å². The van der Waals surface area contributed by atoms with Gasteiger partial charge in [0, 0.05) is 5.92 Å². The maximum Gasteiger partial charge on any atom is 0.416 e. The number of carbonyl (C=O) groups excluding carboxylic acids is 2. The average molecular weight is 314 g/mol. The van der Waals surface area contributed by atoms with Gasteiger partial charge in [0.2, 0.25) is 0 Å². The van der Waals surface area contributed by atoms with Crippen LogP contribution in [0.5, 0.6) is 0 Å². The van der Waals surface area contributed by atoms with Gasteiger partial charge in [0.05, 0.1) is 12.2 Å². The lowest BCUT2D eigenvalue weighted by Crippen LogP contribution is -2.29. The summed E-state index contributed by atoms with van der Waals surface area (Å²) in [6.07, 6.45) is -2.79. The van der Waals surface area contributed by atoms with E-state index in [-0.39, 0.29) is 24.7 Å². The minimum absolute atomic E-state index is 0.0757. The summed E-state index contributed by atoms with van der Waals surface area (Å²) in [6.45, 7) is 1.81. The van der Waals surface area contributed by atoms with Gasteiger partial charge in [-0.1, -0.05) is 12.1 Å². The van der Waals surface area contributed by atoms with Crippen molar-refractivity contribution in [2.24, 2.45) is 11.8 Å². The number of esters is 1. The highest BCUT2D eigenvalue weighted by atomic mass is 19.4. The van der Waals surface area contributed by atoms with Crippen LogP contribution in [0.3, 0.4) is 0 Å². The van der Waals surface area contributed by atoms with Crippen molar-refractivity contribution in [1.29, 1.82) is 0 Å². The largest absolute Gasteiger partial charge is 0.465 e. The number of carbonyl (C=O) groups is 2. The van der Waals surface area contributed by atoms with Crippen LogP contribution < -0.4 is 0 Å². The third kappa shape index (κ3) is 4.08. The van der Waals surface area contributed by atoms with E-state index >= 15 is 0 Å². The molecular weight excluding hydrogens is 297 g/mol. The van der Waals surface area contributed by atoms with Gasteiger partial charge in [-0.2, -0.15) is 13.2 Å². The molecular formula is C16H17F3O3. The Morgan fingerprint density at radius 2 is 1.82 bits per heavy atom. The van der Waals surface area contributed by atoms with E-state index < -0.39 is 23.6 Å². The zero-order valence-electron chi connectivity index (χ0n) is 12.2. The van der Waals surface area contributed by atoms with Gasteiger partial charge in [-0.05, 0) is 43.9 Å². The topological polar surface area (TPSA) is 43.4 Å². The molecule has 1 aliphatic carbocycles. The molecule has 0 saturated heterocycles. The lowest BCUT2D eigenvalue weighted by atomic mass is 9.92. The summed E-state index contributed by atoms with van der Waals surface area (Å²) >= 11 is 0. The quantitative estimate of drug-likeness (QED) is 0.597. The summed E-state index contributed by atoms with van der Waals surface area (Å²) in [5, 5.41) is 0. The van der Waals surface area contributed by atoms with Crippen LogP contribution in [0.2, 0.25) is 0 Å². The zero-order valence-corrected chi connectivity index (χ0v) is 12.2. The Hall–Kier alpha value is -1.85. The highest BCUT2D eigenvalue weighted by Crippen LogP contribution is 2.34. The predicted molar refractivity (Wildman–Crippen MR) is 73.0 cm³/mol. The smallest absolute Gasteiger partial charge is 0.416 e. The molecule has 1 aliphatic rings. The number of hydrogen-bond donors (Lipinski definition) is 0. The molecule has 3 nitrogen and oxygen atoms in total. The average Bonchev–Trinajstić information content (AvgIpc) is 3.28. The van der Waals surface area contributed by atoms with Crippen LogP contribution in [-0.4, -0.2) is 18.4 Å². The highest BCUT2D eigenvalue weighted by molar-refractivity contribution is 6.01. The number of alkyl halides is 3. The fraction of sp³-hybridized carbons (Fsp3) is 0.500. The van der Waals surface area contributed by atoms with Gasteiger partial charge in [-0.25, -0.2) is 0 Å². The Morgan fingerprint density at radius 3 is 2.27 bits per heavy atom. The van der Waals surface area contributed by atoms with Crippen molar-refractivity contribution in [3.63, 3.8) is 0 Å². The predicted octanol–water partition coefficient (Wildman–Crippen LogP) is 3.41. The van der Waals surface area contributed by atoms with Crippen LogP contribution in [0.25, 0.3) is 0 Å². The zero-order chi connectivity index (χ0) is 16.3. The van der Waals surface area contributed by atoms with Gasteiger partial charge in [-0.3, -0.25) is 9.59 Å². The van der Waals surface area contributed by atoms with Crippen molar-refractivity contribution in [2.75, 3.05) is 6.61 Å². The number of Topliss-reactive ketones (excluding diaryl/α,β-unsaturated/α-hetero) is 1. The Labute approximate surface area is 126 Å². The van der Waals surface area contributed by atoms with Gasteiger partial charge >= 0.3 is 12.1 Å². The number of benzene rings is 1. The normalized spacial score (nSPS) is 16.2. The fourth-order valence-corrected chi connectivity index (χ4v) is 2.26. The number of halogens is 3. The number of hydrogen-bond acceptors (Lipinski definition) is 3. The first-order chi connectivity index (χ1) is 10.3. The van der Waals surface area contributed by atoms with Crippen LogP contribution in [-0.2, 0) is 26.9 Å². The van der Waals surface area contributed by atoms with E-state index in [9.17, 15) is 22.8 Å². The molecule has 22 heavy (non-hydrogen) atoms. The van der Waals surface area contributed by atoms with Crippen molar-refractivity contribution in [1.82, 2.24) is 0 Å². The second-order valence-corrected chi connectivity index (χ2v) is 5.38. The Bertz CT molecular complexity index is 545. The molecule has 1 fully saturated rings. The third-order valence-electron chi connectivity index (χ3n) is 3.62. The van der Waals surface area contributed by atoms with E-state index in [4.69, 9.17) is 4.74 Å². The van der Waals surface area contributed by atoms with Gasteiger partial charge in [0.15, 0.2) is 5.78 Å². The maximum absolute atomic E-state index is 12.5. The first-order valence-corrected chi connectivity index (χ1v) is 7.19. The summed E-state index contributed by atoms with van der Waals surface area (Å²) in [7, 11) is 0. The van der Waals surface area contributed by atoms with E-state index in [0.29, 0.717) is 5.56 Å². The van der Waals surface area contributed by atoms with E-state index in [2.05, 4.69) is 0 Å². The molecule has 0 heterocycles. The first-order valence-electron chi connectivity index (χ1n) is 7.19. The summed E-state index contributed by atoms with van der Waals surface area (Å²) in [4.78, 5) is 24.1. The van der Waals surface area contributed by atoms with E-state index in [0.717, 1.165) is 25.0 Å². The van der Waals surface area contributed by atoms with E-state index in [1.54, 1.807) is 6.92 Å². The fourth-order valence-electron chi connectivity index (χ4n) is 2.26. The molecule has 1 saturated carbocycles. The minimum Gasteiger partial charge on any atom is -0.465 e. The standard InChI is InChI=1S/C16H17F3O3/c1-2-22-15(21)13(14(20)11-5-6-11)9-10-3-7-12(8-4-10)16(17,18)19/h3-4,7-8,11,13H,2,5-6,9H2,1H3. The summed E-state index contributed by atoms with van der Waals surface area (Å²) in [5.74, 6) is -1.80. The summed E-state index contributed by atoms with van der Waals surface area (Å²) in [6, 6.07) is 4.52. The molecule has 120 valence electrons. The molecule has 0 amide bonds. The van der Waals surface area contributed by atoms with Crippen molar-refractivity contribution in [2.45, 2.75) is 32.4 Å². The van der Waals surface area contributed by atoms with Gasteiger partial charge in [0.1, 0.15) is 5.92 Å². The molecule has 0 aliphatic heterocycles. The van der Waals surface area contributed by atoms with Crippen LogP contribution >= 0.6 is 0 Å². The molecule has 0 bridgehead atoms.